The molecule has 32 heavy (non-hydrogen) atoms. The molecule has 7 nitrogen and oxygen atoms in total. The zero-order chi connectivity index (χ0) is 22.4. The number of amides is 2. The molecule has 0 radical (unpaired) electrons. The Kier molecular flexibility index (Phi) is 4.94. The molecular formula is C24H22N4O3S. The highest BCUT2D eigenvalue weighted by atomic mass is 32.1. The molecule has 1 unspecified atom stereocenters. The van der Waals surface area contributed by atoms with Gasteiger partial charge in [-0.05, 0) is 50.6 Å². The number of aromatic nitrogens is 2. The van der Waals surface area contributed by atoms with Crippen molar-refractivity contribution in [3.63, 3.8) is 0 Å². The molecule has 0 fully saturated rings. The van der Waals surface area contributed by atoms with Crippen LogP contribution in [0.3, 0.4) is 0 Å². The Bertz CT molecular complexity index is 1350. The molecule has 162 valence electrons. The number of carbonyl (C=O) groups is 2. The van der Waals surface area contributed by atoms with Gasteiger partial charge in [0.1, 0.15) is 10.6 Å². The average molecular weight is 447 g/mol. The van der Waals surface area contributed by atoms with E-state index in [0.717, 1.165) is 21.5 Å². The summed E-state index contributed by atoms with van der Waals surface area (Å²) in [5.74, 6) is 0.173. The summed E-state index contributed by atoms with van der Waals surface area (Å²) in [4.78, 5) is 26.4. The van der Waals surface area contributed by atoms with E-state index >= 15 is 0 Å². The van der Waals surface area contributed by atoms with E-state index in [2.05, 4.69) is 46.9 Å². The first kappa shape index (κ1) is 20.3. The Hall–Kier alpha value is -3.65. The molecule has 8 heteroatoms. The van der Waals surface area contributed by atoms with E-state index in [9.17, 15) is 9.59 Å². The quantitative estimate of drug-likeness (QED) is 0.474. The number of fused-ring (bicyclic) bond motifs is 2. The van der Waals surface area contributed by atoms with Gasteiger partial charge in [0, 0.05) is 11.1 Å². The number of carbonyl (C=O) groups excluding carboxylic acids is 2. The lowest BCUT2D eigenvalue weighted by atomic mass is 10.1. The van der Waals surface area contributed by atoms with E-state index in [-0.39, 0.29) is 11.8 Å². The van der Waals surface area contributed by atoms with Crippen LogP contribution in [0.2, 0.25) is 0 Å². The summed E-state index contributed by atoms with van der Waals surface area (Å²) in [5, 5.41) is 11.3. The fourth-order valence-electron chi connectivity index (χ4n) is 3.68. The Morgan fingerprint density at radius 3 is 2.75 bits per heavy atom. The number of rotatable bonds is 4. The van der Waals surface area contributed by atoms with Gasteiger partial charge in [0.05, 0.1) is 22.8 Å². The van der Waals surface area contributed by atoms with Gasteiger partial charge in [-0.15, -0.1) is 11.3 Å². The van der Waals surface area contributed by atoms with Gasteiger partial charge in [0.25, 0.3) is 11.8 Å². The first-order chi connectivity index (χ1) is 15.4. The third-order valence-corrected chi connectivity index (χ3v) is 6.60. The summed E-state index contributed by atoms with van der Waals surface area (Å²) in [6, 6.07) is 15.5. The normalized spacial score (nSPS) is 15.2. The number of benzene rings is 2. The molecule has 1 aliphatic heterocycles. The molecule has 2 aromatic heterocycles. The number of anilines is 2. The lowest BCUT2D eigenvalue weighted by molar-refractivity contribution is -0.122. The smallest absolute Gasteiger partial charge is 0.265 e. The van der Waals surface area contributed by atoms with Crippen molar-refractivity contribution >= 4 is 44.7 Å². The van der Waals surface area contributed by atoms with Crippen LogP contribution in [-0.4, -0.2) is 27.7 Å². The zero-order valence-electron chi connectivity index (χ0n) is 17.9. The highest BCUT2D eigenvalue weighted by molar-refractivity contribution is 7.20. The molecule has 4 aromatic rings. The van der Waals surface area contributed by atoms with Crippen LogP contribution >= 0.6 is 11.3 Å². The van der Waals surface area contributed by atoms with Crippen molar-refractivity contribution in [2.75, 3.05) is 10.6 Å². The van der Waals surface area contributed by atoms with Gasteiger partial charge in [0.15, 0.2) is 6.10 Å². The second-order valence-electron chi connectivity index (χ2n) is 7.97. The fourth-order valence-corrected chi connectivity index (χ4v) is 4.73. The summed E-state index contributed by atoms with van der Waals surface area (Å²) in [5.41, 5.74) is 4.40. The number of hydrogen-bond acceptors (Lipinski definition) is 5. The monoisotopic (exact) mass is 446 g/mol. The Balaban J connectivity index is 1.38. The van der Waals surface area contributed by atoms with Crippen molar-refractivity contribution in [3.8, 4) is 5.75 Å². The van der Waals surface area contributed by atoms with Gasteiger partial charge in [-0.25, -0.2) is 0 Å². The topological polar surface area (TPSA) is 85.3 Å². The zero-order valence-corrected chi connectivity index (χ0v) is 18.7. The van der Waals surface area contributed by atoms with E-state index in [0.29, 0.717) is 28.5 Å². The van der Waals surface area contributed by atoms with Gasteiger partial charge in [-0.2, -0.15) is 5.10 Å². The lowest BCUT2D eigenvalue weighted by Crippen LogP contribution is -2.34. The highest BCUT2D eigenvalue weighted by Crippen LogP contribution is 2.33. The molecule has 0 saturated carbocycles. The van der Waals surface area contributed by atoms with Gasteiger partial charge in [0.2, 0.25) is 0 Å². The first-order valence-electron chi connectivity index (χ1n) is 10.3. The van der Waals surface area contributed by atoms with Crippen LogP contribution in [0.15, 0.2) is 48.5 Å². The van der Waals surface area contributed by atoms with Gasteiger partial charge in [-0.1, -0.05) is 29.8 Å². The number of hydrogen-bond donors (Lipinski definition) is 2. The minimum absolute atomic E-state index is 0.205. The summed E-state index contributed by atoms with van der Waals surface area (Å²) < 4.78 is 7.52. The molecule has 1 atom stereocenters. The van der Waals surface area contributed by atoms with E-state index in [1.165, 1.54) is 16.9 Å². The van der Waals surface area contributed by atoms with E-state index < -0.39 is 6.10 Å². The van der Waals surface area contributed by atoms with Gasteiger partial charge in [-0.3, -0.25) is 14.3 Å². The SMILES string of the molecule is Cc1ccc(Cn2nc(C)c3cc(C(=O)Nc4ccc5c(c4)NC(=O)C(C)O5)sc32)cc1. The molecule has 3 heterocycles. The minimum Gasteiger partial charge on any atom is -0.479 e. The van der Waals surface area contributed by atoms with Crippen LogP contribution in [-0.2, 0) is 11.3 Å². The molecule has 1 aliphatic rings. The Morgan fingerprint density at radius 1 is 1.19 bits per heavy atom. The van der Waals surface area contributed by atoms with Crippen molar-refractivity contribution in [1.82, 2.24) is 9.78 Å². The van der Waals surface area contributed by atoms with Crippen LogP contribution in [0, 0.1) is 13.8 Å². The fraction of sp³-hybridized carbons (Fsp3) is 0.208. The summed E-state index contributed by atoms with van der Waals surface area (Å²) in [6.45, 7) is 6.36. The van der Waals surface area contributed by atoms with Crippen molar-refractivity contribution in [3.05, 3.63) is 70.2 Å². The van der Waals surface area contributed by atoms with Gasteiger partial charge < -0.3 is 15.4 Å². The second kappa shape index (κ2) is 7.80. The second-order valence-corrected chi connectivity index (χ2v) is 9.00. The summed E-state index contributed by atoms with van der Waals surface area (Å²) >= 11 is 1.42. The van der Waals surface area contributed by atoms with Crippen LogP contribution in [0.5, 0.6) is 5.75 Å². The lowest BCUT2D eigenvalue weighted by Gasteiger charge is -2.23. The summed E-state index contributed by atoms with van der Waals surface area (Å²) in [7, 11) is 0. The van der Waals surface area contributed by atoms with Crippen molar-refractivity contribution in [2.24, 2.45) is 0 Å². The van der Waals surface area contributed by atoms with Crippen LogP contribution in [0.4, 0.5) is 11.4 Å². The van der Waals surface area contributed by atoms with Crippen molar-refractivity contribution in [1.29, 1.82) is 0 Å². The predicted molar refractivity (Wildman–Crippen MR) is 126 cm³/mol. The van der Waals surface area contributed by atoms with Crippen molar-refractivity contribution < 1.29 is 14.3 Å². The largest absolute Gasteiger partial charge is 0.479 e. The van der Waals surface area contributed by atoms with E-state index in [4.69, 9.17) is 4.74 Å². The molecule has 5 rings (SSSR count). The maximum absolute atomic E-state index is 12.9. The van der Waals surface area contributed by atoms with Crippen molar-refractivity contribution in [2.45, 2.75) is 33.4 Å². The number of ether oxygens (including phenoxy) is 1. The molecule has 0 bridgehead atoms. The third kappa shape index (κ3) is 3.73. The van der Waals surface area contributed by atoms with E-state index in [1.807, 2.05) is 17.7 Å². The molecule has 0 saturated heterocycles. The Morgan fingerprint density at radius 2 is 1.97 bits per heavy atom. The predicted octanol–water partition coefficient (Wildman–Crippen LogP) is 4.73. The highest BCUT2D eigenvalue weighted by Gasteiger charge is 2.24. The maximum atomic E-state index is 12.9. The molecule has 0 spiro atoms. The standard InChI is InChI=1S/C24H22N4O3S/c1-13-4-6-16(7-5-13)12-28-24-18(14(2)27-28)11-21(32-24)23(30)25-17-8-9-20-19(10-17)26-22(29)15(3)31-20/h4-11,15H,12H2,1-3H3,(H,25,30)(H,26,29). The minimum atomic E-state index is -0.538. The molecule has 2 amide bonds. The number of thiophene rings is 1. The number of nitrogens with zero attached hydrogens (tertiary/aromatic N) is 2. The average Bonchev–Trinajstić information content (AvgIpc) is 3.32. The number of aryl methyl sites for hydroxylation is 2. The third-order valence-electron chi connectivity index (χ3n) is 5.45. The van der Waals surface area contributed by atoms with Crippen LogP contribution in [0.25, 0.3) is 10.2 Å². The van der Waals surface area contributed by atoms with E-state index in [1.54, 1.807) is 25.1 Å². The first-order valence-corrected chi connectivity index (χ1v) is 11.1. The maximum Gasteiger partial charge on any atom is 0.265 e. The number of nitrogens with one attached hydrogen (secondary N) is 2. The van der Waals surface area contributed by atoms with Gasteiger partial charge >= 0.3 is 0 Å². The molecule has 0 aliphatic carbocycles. The molecular weight excluding hydrogens is 424 g/mol. The van der Waals surface area contributed by atoms with Crippen LogP contribution in [0.1, 0.15) is 33.4 Å². The summed E-state index contributed by atoms with van der Waals surface area (Å²) in [6.07, 6.45) is -0.538. The Labute approximate surface area is 189 Å². The van der Waals surface area contributed by atoms with Crippen LogP contribution < -0.4 is 15.4 Å². The molecule has 2 N–H and O–H groups in total. The molecule has 2 aromatic carbocycles.